The molecule has 0 aliphatic carbocycles. The minimum Gasteiger partial charge on any atom is -0.384 e. The molecular weight excluding hydrogens is 245 g/mol. The number of rotatable bonds is 2. The van der Waals surface area contributed by atoms with Crippen LogP contribution < -0.4 is 5.73 Å². The fourth-order valence-electron chi connectivity index (χ4n) is 1.42. The lowest BCUT2D eigenvalue weighted by atomic mass is 10.2. The summed E-state index contributed by atoms with van der Waals surface area (Å²) >= 11 is 0. The number of nitrogens with zero attached hydrogens (tertiary/aromatic N) is 3. The highest BCUT2D eigenvalue weighted by atomic mass is 19.4. The largest absolute Gasteiger partial charge is 0.451 e. The van der Waals surface area contributed by atoms with E-state index >= 15 is 0 Å². The average molecular weight is 254 g/mol. The number of anilines is 1. The smallest absolute Gasteiger partial charge is 0.384 e. The topological polar surface area (TPSA) is 64.7 Å². The van der Waals surface area contributed by atoms with Crippen LogP contribution in [-0.2, 0) is 12.6 Å². The summed E-state index contributed by atoms with van der Waals surface area (Å²) in [5.41, 5.74) is 6.14. The van der Waals surface area contributed by atoms with E-state index in [1.165, 1.54) is 6.07 Å². The van der Waals surface area contributed by atoms with Crippen molar-refractivity contribution >= 4 is 5.82 Å². The number of hydrogen-bond donors (Lipinski definition) is 1. The maximum atomic E-state index is 12.5. The van der Waals surface area contributed by atoms with E-state index in [0.29, 0.717) is 5.69 Å². The van der Waals surface area contributed by atoms with Crippen molar-refractivity contribution in [3.8, 4) is 0 Å². The van der Waals surface area contributed by atoms with Crippen molar-refractivity contribution in [1.29, 1.82) is 0 Å². The van der Waals surface area contributed by atoms with Crippen LogP contribution in [0.3, 0.4) is 0 Å². The fourth-order valence-corrected chi connectivity index (χ4v) is 1.42. The highest BCUT2D eigenvalue weighted by molar-refractivity contribution is 5.32. The van der Waals surface area contributed by atoms with E-state index in [1.54, 1.807) is 24.4 Å². The second-order valence-electron chi connectivity index (χ2n) is 3.60. The SMILES string of the molecule is Nc1cc(Cc2ccccn2)nc(C(F)(F)F)n1. The molecule has 0 saturated heterocycles. The Balaban J connectivity index is 2.32. The van der Waals surface area contributed by atoms with Crippen molar-refractivity contribution in [2.24, 2.45) is 0 Å². The van der Waals surface area contributed by atoms with Crippen LogP contribution in [0.15, 0.2) is 30.5 Å². The van der Waals surface area contributed by atoms with E-state index in [2.05, 4.69) is 15.0 Å². The van der Waals surface area contributed by atoms with Gasteiger partial charge < -0.3 is 5.73 Å². The quantitative estimate of drug-likeness (QED) is 0.890. The van der Waals surface area contributed by atoms with Gasteiger partial charge in [-0.05, 0) is 12.1 Å². The lowest BCUT2D eigenvalue weighted by molar-refractivity contribution is -0.145. The van der Waals surface area contributed by atoms with Gasteiger partial charge in [0.2, 0.25) is 5.82 Å². The molecule has 0 fully saturated rings. The highest BCUT2D eigenvalue weighted by Gasteiger charge is 2.35. The van der Waals surface area contributed by atoms with Crippen LogP contribution in [-0.4, -0.2) is 15.0 Å². The second-order valence-corrected chi connectivity index (χ2v) is 3.60. The van der Waals surface area contributed by atoms with Gasteiger partial charge in [-0.3, -0.25) is 4.98 Å². The number of aromatic nitrogens is 3. The van der Waals surface area contributed by atoms with Gasteiger partial charge in [-0.1, -0.05) is 6.07 Å². The van der Waals surface area contributed by atoms with Crippen LogP contribution >= 0.6 is 0 Å². The molecule has 0 aromatic carbocycles. The molecule has 0 aliphatic rings. The average Bonchev–Trinajstić information content (AvgIpc) is 2.28. The third kappa shape index (κ3) is 2.93. The van der Waals surface area contributed by atoms with Crippen LogP contribution in [0.1, 0.15) is 17.2 Å². The monoisotopic (exact) mass is 254 g/mol. The van der Waals surface area contributed by atoms with Crippen molar-refractivity contribution in [2.45, 2.75) is 12.6 Å². The summed E-state index contributed by atoms with van der Waals surface area (Å²) in [7, 11) is 0. The maximum absolute atomic E-state index is 12.5. The van der Waals surface area contributed by atoms with Gasteiger partial charge in [0, 0.05) is 24.4 Å². The molecule has 2 N–H and O–H groups in total. The van der Waals surface area contributed by atoms with Crippen LogP contribution in [0.2, 0.25) is 0 Å². The van der Waals surface area contributed by atoms with Crippen molar-refractivity contribution in [1.82, 2.24) is 15.0 Å². The van der Waals surface area contributed by atoms with Gasteiger partial charge in [-0.25, -0.2) is 9.97 Å². The first-order chi connectivity index (χ1) is 8.45. The molecule has 0 aliphatic heterocycles. The number of hydrogen-bond acceptors (Lipinski definition) is 4. The normalized spacial score (nSPS) is 11.5. The summed E-state index contributed by atoms with van der Waals surface area (Å²) in [6.45, 7) is 0. The zero-order valence-corrected chi connectivity index (χ0v) is 9.15. The predicted octanol–water partition coefficient (Wildman–Crippen LogP) is 2.06. The van der Waals surface area contributed by atoms with Gasteiger partial charge in [-0.2, -0.15) is 13.2 Å². The van der Waals surface area contributed by atoms with Crippen molar-refractivity contribution in [3.63, 3.8) is 0 Å². The molecule has 2 rings (SSSR count). The molecule has 0 atom stereocenters. The number of pyridine rings is 1. The minimum atomic E-state index is -4.60. The Hall–Kier alpha value is -2.18. The molecule has 0 bridgehead atoms. The molecule has 2 aromatic heterocycles. The Morgan fingerprint density at radius 3 is 2.50 bits per heavy atom. The summed E-state index contributed by atoms with van der Waals surface area (Å²) in [4.78, 5) is 10.6. The second kappa shape index (κ2) is 4.59. The first kappa shape index (κ1) is 12.3. The molecule has 0 spiro atoms. The zero-order valence-electron chi connectivity index (χ0n) is 9.15. The number of nitrogens with two attached hydrogens (primary N) is 1. The molecule has 0 saturated carbocycles. The third-order valence-electron chi connectivity index (χ3n) is 2.14. The van der Waals surface area contributed by atoms with E-state index < -0.39 is 12.0 Å². The Kier molecular flexibility index (Phi) is 3.14. The molecule has 94 valence electrons. The first-order valence-electron chi connectivity index (χ1n) is 5.05. The molecule has 2 heterocycles. The van der Waals surface area contributed by atoms with Crippen molar-refractivity contribution < 1.29 is 13.2 Å². The number of halogens is 3. The summed E-state index contributed by atoms with van der Waals surface area (Å²) < 4.78 is 37.5. The number of alkyl halides is 3. The van der Waals surface area contributed by atoms with Gasteiger partial charge in [0.15, 0.2) is 0 Å². The molecular formula is C11H9F3N4. The number of nitrogen functional groups attached to an aromatic ring is 1. The van der Waals surface area contributed by atoms with E-state index in [9.17, 15) is 13.2 Å². The van der Waals surface area contributed by atoms with E-state index in [0.717, 1.165) is 0 Å². The Morgan fingerprint density at radius 1 is 1.11 bits per heavy atom. The Bertz CT molecular complexity index is 540. The zero-order chi connectivity index (χ0) is 13.2. The molecule has 18 heavy (non-hydrogen) atoms. The van der Waals surface area contributed by atoms with E-state index in [1.807, 2.05) is 0 Å². The standard InChI is InChI=1S/C11H9F3N4/c12-11(13,14)10-17-8(6-9(15)18-10)5-7-3-1-2-4-16-7/h1-4,6H,5H2,(H2,15,17,18). The van der Waals surface area contributed by atoms with Gasteiger partial charge in [0.25, 0.3) is 0 Å². The maximum Gasteiger partial charge on any atom is 0.451 e. The lowest BCUT2D eigenvalue weighted by Crippen LogP contribution is -2.14. The van der Waals surface area contributed by atoms with Crippen molar-refractivity contribution in [3.05, 3.63) is 47.7 Å². The van der Waals surface area contributed by atoms with Crippen LogP contribution in [0.25, 0.3) is 0 Å². The molecule has 4 nitrogen and oxygen atoms in total. The third-order valence-corrected chi connectivity index (χ3v) is 2.14. The van der Waals surface area contributed by atoms with Crippen LogP contribution in [0, 0.1) is 0 Å². The Labute approximate surface area is 101 Å². The first-order valence-corrected chi connectivity index (χ1v) is 5.05. The predicted molar refractivity (Wildman–Crippen MR) is 58.5 cm³/mol. The summed E-state index contributed by atoms with van der Waals surface area (Å²) in [5.74, 6) is -1.43. The van der Waals surface area contributed by atoms with Crippen molar-refractivity contribution in [2.75, 3.05) is 5.73 Å². The molecule has 0 unspecified atom stereocenters. The summed E-state index contributed by atoms with van der Waals surface area (Å²) in [6, 6.07) is 6.48. The van der Waals surface area contributed by atoms with Gasteiger partial charge in [-0.15, -0.1) is 0 Å². The Morgan fingerprint density at radius 2 is 1.89 bits per heavy atom. The van der Waals surface area contributed by atoms with Gasteiger partial charge in [0.05, 0.1) is 5.69 Å². The molecule has 0 radical (unpaired) electrons. The molecule has 7 heteroatoms. The summed E-state index contributed by atoms with van der Waals surface area (Å²) in [5, 5.41) is 0. The molecule has 0 amide bonds. The van der Waals surface area contributed by atoms with Gasteiger partial charge in [0.1, 0.15) is 5.82 Å². The van der Waals surface area contributed by atoms with Crippen LogP contribution in [0.5, 0.6) is 0 Å². The lowest BCUT2D eigenvalue weighted by Gasteiger charge is -2.08. The van der Waals surface area contributed by atoms with E-state index in [-0.39, 0.29) is 17.9 Å². The fraction of sp³-hybridized carbons (Fsp3) is 0.182. The van der Waals surface area contributed by atoms with E-state index in [4.69, 9.17) is 5.73 Å². The van der Waals surface area contributed by atoms with Gasteiger partial charge >= 0.3 is 6.18 Å². The van der Waals surface area contributed by atoms with Crippen LogP contribution in [0.4, 0.5) is 19.0 Å². The summed E-state index contributed by atoms with van der Waals surface area (Å²) in [6.07, 6.45) is -2.87. The highest BCUT2D eigenvalue weighted by Crippen LogP contribution is 2.27. The minimum absolute atomic E-state index is 0.177. The molecule has 2 aromatic rings.